The number of hydrogen-bond donors (Lipinski definition) is 1. The maximum atomic E-state index is 13.2. The smallest absolute Gasteiger partial charge is 0.246 e. The molecule has 2 aromatic rings. The van der Waals surface area contributed by atoms with Crippen molar-refractivity contribution in [2.75, 3.05) is 20.2 Å². The number of ether oxygens (including phenoxy) is 1. The van der Waals surface area contributed by atoms with Crippen LogP contribution in [0.2, 0.25) is 5.02 Å². The summed E-state index contributed by atoms with van der Waals surface area (Å²) < 4.78 is 46.0. The van der Waals surface area contributed by atoms with Gasteiger partial charge in [-0.3, -0.25) is 4.79 Å². The average molecular weight is 455 g/mol. The van der Waals surface area contributed by atoms with E-state index in [0.717, 1.165) is 5.56 Å². The quantitative estimate of drug-likeness (QED) is 0.721. The Kier molecular flexibility index (Phi) is 7.00. The van der Waals surface area contributed by atoms with E-state index < -0.39 is 15.9 Å². The highest BCUT2D eigenvalue weighted by Crippen LogP contribution is 2.32. The zero-order valence-corrected chi connectivity index (χ0v) is 18.3. The summed E-state index contributed by atoms with van der Waals surface area (Å²) >= 11 is 6.00. The van der Waals surface area contributed by atoms with Crippen molar-refractivity contribution in [1.82, 2.24) is 9.62 Å². The number of sulfonamides is 1. The third-order valence-corrected chi connectivity index (χ3v) is 7.35. The van der Waals surface area contributed by atoms with Crippen molar-refractivity contribution >= 4 is 27.5 Å². The lowest BCUT2D eigenvalue weighted by molar-refractivity contribution is -0.126. The van der Waals surface area contributed by atoms with Crippen molar-refractivity contribution < 1.29 is 22.3 Å². The maximum Gasteiger partial charge on any atom is 0.246 e. The Labute approximate surface area is 181 Å². The highest BCUT2D eigenvalue weighted by Gasteiger charge is 2.35. The van der Waals surface area contributed by atoms with Crippen molar-refractivity contribution in [3.8, 4) is 5.75 Å². The largest absolute Gasteiger partial charge is 0.495 e. The van der Waals surface area contributed by atoms with Gasteiger partial charge in [0.05, 0.1) is 19.1 Å². The van der Waals surface area contributed by atoms with Crippen LogP contribution in [0.5, 0.6) is 5.75 Å². The molecule has 162 valence electrons. The highest BCUT2D eigenvalue weighted by molar-refractivity contribution is 7.89. The molecule has 1 heterocycles. The number of hydrogen-bond acceptors (Lipinski definition) is 4. The standard InChI is InChI=1S/C21H24ClFN2O4S/c1-14(15-5-8-18(23)9-6-15)24-21(26)16-4-3-11-25(13-16)30(27,28)20-12-17(22)7-10-19(20)29-2/h5-10,12,14,16H,3-4,11,13H2,1-2H3,(H,24,26)/t14-,16-/m1/s1. The van der Waals surface area contributed by atoms with Gasteiger partial charge in [0.15, 0.2) is 0 Å². The van der Waals surface area contributed by atoms with Crippen molar-refractivity contribution in [3.63, 3.8) is 0 Å². The van der Waals surface area contributed by atoms with Crippen LogP contribution in [0.15, 0.2) is 47.4 Å². The molecular weight excluding hydrogens is 431 g/mol. The van der Waals surface area contributed by atoms with Crippen LogP contribution in [0.1, 0.15) is 31.4 Å². The Morgan fingerprint density at radius 2 is 1.97 bits per heavy atom. The fraction of sp³-hybridized carbons (Fsp3) is 0.381. The van der Waals surface area contributed by atoms with E-state index in [1.165, 1.54) is 35.7 Å². The molecule has 2 atom stereocenters. The highest BCUT2D eigenvalue weighted by atomic mass is 35.5. The van der Waals surface area contributed by atoms with Crippen LogP contribution in [-0.2, 0) is 14.8 Å². The number of carbonyl (C=O) groups is 1. The second kappa shape index (κ2) is 9.32. The monoisotopic (exact) mass is 454 g/mol. The molecule has 0 bridgehead atoms. The van der Waals surface area contributed by atoms with Gasteiger partial charge in [-0.2, -0.15) is 4.31 Å². The molecule has 1 fully saturated rings. The van der Waals surface area contributed by atoms with E-state index in [4.69, 9.17) is 16.3 Å². The number of benzene rings is 2. The molecule has 0 aliphatic carbocycles. The molecule has 1 aliphatic heterocycles. The van der Waals surface area contributed by atoms with Gasteiger partial charge in [0.1, 0.15) is 16.5 Å². The number of nitrogens with one attached hydrogen (secondary N) is 1. The lowest BCUT2D eigenvalue weighted by Gasteiger charge is -2.32. The van der Waals surface area contributed by atoms with Gasteiger partial charge in [0.2, 0.25) is 15.9 Å². The number of amides is 1. The van der Waals surface area contributed by atoms with Crippen molar-refractivity contribution in [1.29, 1.82) is 0 Å². The Balaban J connectivity index is 1.73. The van der Waals surface area contributed by atoms with Gasteiger partial charge in [-0.1, -0.05) is 23.7 Å². The summed E-state index contributed by atoms with van der Waals surface area (Å²) in [5.41, 5.74) is 0.772. The molecule has 0 saturated carbocycles. The average Bonchev–Trinajstić information content (AvgIpc) is 2.74. The van der Waals surface area contributed by atoms with Crippen molar-refractivity contribution in [2.24, 2.45) is 5.92 Å². The number of piperidine rings is 1. The number of halogens is 2. The second-order valence-corrected chi connectivity index (χ2v) is 9.62. The molecular formula is C21H24ClFN2O4S. The molecule has 3 rings (SSSR count). The van der Waals surface area contributed by atoms with Gasteiger partial charge in [-0.05, 0) is 55.7 Å². The predicted octanol–water partition coefficient (Wildman–Crippen LogP) is 3.77. The van der Waals surface area contributed by atoms with Crippen LogP contribution in [-0.4, -0.2) is 38.8 Å². The first-order valence-corrected chi connectivity index (χ1v) is 11.4. The minimum Gasteiger partial charge on any atom is -0.495 e. The Morgan fingerprint density at radius 3 is 2.63 bits per heavy atom. The van der Waals surface area contributed by atoms with Crippen LogP contribution >= 0.6 is 11.6 Å². The van der Waals surface area contributed by atoms with Crippen LogP contribution < -0.4 is 10.1 Å². The number of methoxy groups -OCH3 is 1. The van der Waals surface area contributed by atoms with E-state index in [-0.39, 0.29) is 40.0 Å². The number of carbonyl (C=O) groups excluding carboxylic acids is 1. The molecule has 0 radical (unpaired) electrons. The molecule has 0 aromatic heterocycles. The topological polar surface area (TPSA) is 75.7 Å². The molecule has 2 aromatic carbocycles. The summed E-state index contributed by atoms with van der Waals surface area (Å²) in [6, 6.07) is 10.0. The van der Waals surface area contributed by atoms with Crippen LogP contribution in [0.3, 0.4) is 0 Å². The summed E-state index contributed by atoms with van der Waals surface area (Å²) in [7, 11) is -2.48. The van der Waals surface area contributed by atoms with Crippen molar-refractivity contribution in [2.45, 2.75) is 30.7 Å². The molecule has 9 heteroatoms. The lowest BCUT2D eigenvalue weighted by atomic mass is 9.98. The molecule has 1 N–H and O–H groups in total. The van der Waals surface area contributed by atoms with E-state index in [1.807, 2.05) is 0 Å². The Hall–Kier alpha value is -2.16. The number of nitrogens with zero attached hydrogens (tertiary/aromatic N) is 1. The van der Waals surface area contributed by atoms with E-state index in [2.05, 4.69) is 5.32 Å². The third-order valence-electron chi connectivity index (χ3n) is 5.23. The van der Waals surface area contributed by atoms with E-state index >= 15 is 0 Å². The Morgan fingerprint density at radius 1 is 1.27 bits per heavy atom. The van der Waals surface area contributed by atoms with Gasteiger partial charge in [0, 0.05) is 18.1 Å². The lowest BCUT2D eigenvalue weighted by Crippen LogP contribution is -2.45. The summed E-state index contributed by atoms with van der Waals surface area (Å²) in [4.78, 5) is 12.8. The summed E-state index contributed by atoms with van der Waals surface area (Å²) in [5.74, 6) is -0.857. The zero-order chi connectivity index (χ0) is 21.9. The van der Waals surface area contributed by atoms with Crippen LogP contribution in [0.25, 0.3) is 0 Å². The summed E-state index contributed by atoms with van der Waals surface area (Å²) in [6.07, 6.45) is 1.14. The first-order chi connectivity index (χ1) is 14.2. The molecule has 1 aliphatic rings. The van der Waals surface area contributed by atoms with Crippen LogP contribution in [0.4, 0.5) is 4.39 Å². The maximum absolute atomic E-state index is 13.2. The minimum atomic E-state index is -3.88. The van der Waals surface area contributed by atoms with Gasteiger partial charge < -0.3 is 10.1 Å². The number of rotatable bonds is 6. The molecule has 0 spiro atoms. The first-order valence-electron chi connectivity index (χ1n) is 9.62. The fourth-order valence-electron chi connectivity index (χ4n) is 3.53. The van der Waals surface area contributed by atoms with Crippen molar-refractivity contribution in [3.05, 3.63) is 58.9 Å². The summed E-state index contributed by atoms with van der Waals surface area (Å²) in [6.45, 7) is 2.19. The molecule has 1 amide bonds. The predicted molar refractivity (Wildman–Crippen MR) is 112 cm³/mol. The fourth-order valence-corrected chi connectivity index (χ4v) is 5.47. The minimum absolute atomic E-state index is 0.0155. The molecule has 6 nitrogen and oxygen atoms in total. The van der Waals surface area contributed by atoms with Gasteiger partial charge >= 0.3 is 0 Å². The third kappa shape index (κ3) is 4.94. The van der Waals surface area contributed by atoms with Gasteiger partial charge in [0.25, 0.3) is 0 Å². The SMILES string of the molecule is COc1ccc(Cl)cc1S(=O)(=O)N1CCC[C@@H](C(=O)N[C@H](C)c2ccc(F)cc2)C1. The molecule has 1 saturated heterocycles. The second-order valence-electron chi connectivity index (χ2n) is 7.28. The Bertz CT molecular complexity index is 1010. The summed E-state index contributed by atoms with van der Waals surface area (Å²) in [5, 5.41) is 3.19. The van der Waals surface area contributed by atoms with E-state index in [1.54, 1.807) is 25.1 Å². The van der Waals surface area contributed by atoms with E-state index in [0.29, 0.717) is 19.4 Å². The molecule has 0 unspecified atom stereocenters. The zero-order valence-electron chi connectivity index (χ0n) is 16.8. The van der Waals surface area contributed by atoms with E-state index in [9.17, 15) is 17.6 Å². The molecule has 30 heavy (non-hydrogen) atoms. The van der Waals surface area contributed by atoms with Crippen LogP contribution in [0, 0.1) is 11.7 Å². The normalized spacial score (nSPS) is 18.6. The first kappa shape index (κ1) is 22.5. The van der Waals surface area contributed by atoms with Gasteiger partial charge in [-0.15, -0.1) is 0 Å². The van der Waals surface area contributed by atoms with Gasteiger partial charge in [-0.25, -0.2) is 12.8 Å².